The van der Waals surface area contributed by atoms with Gasteiger partial charge < -0.3 is 10.1 Å². The lowest BCUT2D eigenvalue weighted by Crippen LogP contribution is -2.40. The van der Waals surface area contributed by atoms with Gasteiger partial charge in [-0.3, -0.25) is 0 Å². The summed E-state index contributed by atoms with van der Waals surface area (Å²) < 4.78 is 5.18. The van der Waals surface area contributed by atoms with Crippen LogP contribution in [-0.4, -0.2) is 22.6 Å². The summed E-state index contributed by atoms with van der Waals surface area (Å²) >= 11 is 3.41. The largest absolute Gasteiger partial charge is 0.444 e. The van der Waals surface area contributed by atoms with E-state index >= 15 is 0 Å². The van der Waals surface area contributed by atoms with Gasteiger partial charge >= 0.3 is 6.09 Å². The van der Waals surface area contributed by atoms with Gasteiger partial charge in [-0.2, -0.15) is 0 Å². The lowest BCUT2D eigenvalue weighted by Gasteiger charge is -2.22. The summed E-state index contributed by atoms with van der Waals surface area (Å²) in [6, 6.07) is 0. The van der Waals surface area contributed by atoms with Gasteiger partial charge in [0.05, 0.1) is 0 Å². The molecule has 2 atom stereocenters. The van der Waals surface area contributed by atoms with Gasteiger partial charge in [0.1, 0.15) is 5.60 Å². The molecule has 0 heterocycles. The molecule has 3 nitrogen and oxygen atoms in total. The molecule has 0 aliphatic heterocycles. The molecule has 0 bridgehead atoms. The van der Waals surface area contributed by atoms with E-state index in [0.29, 0.717) is 5.92 Å². The highest BCUT2D eigenvalue weighted by molar-refractivity contribution is 9.09. The van der Waals surface area contributed by atoms with Gasteiger partial charge in [-0.1, -0.05) is 15.9 Å². The predicted molar refractivity (Wildman–Crippen MR) is 59.7 cm³/mol. The fraction of sp³-hybridized carbons (Fsp3) is 0.900. The van der Waals surface area contributed by atoms with Crippen molar-refractivity contribution in [2.45, 2.75) is 45.3 Å². The molecule has 0 unspecified atom stereocenters. The van der Waals surface area contributed by atoms with Crippen LogP contribution in [0.2, 0.25) is 0 Å². The maximum Gasteiger partial charge on any atom is 0.408 e. The third-order valence-electron chi connectivity index (χ3n) is 2.38. The molecule has 1 amide bonds. The lowest BCUT2D eigenvalue weighted by atomic mass is 10.2. The second-order valence-corrected chi connectivity index (χ2v) is 5.75. The molecule has 14 heavy (non-hydrogen) atoms. The van der Waals surface area contributed by atoms with Gasteiger partial charge in [-0.25, -0.2) is 4.79 Å². The average molecular weight is 264 g/mol. The number of halogens is 1. The Labute approximate surface area is 93.7 Å². The zero-order valence-corrected chi connectivity index (χ0v) is 10.8. The average Bonchev–Trinajstić information content (AvgIpc) is 2.56. The molecule has 0 aromatic heterocycles. The van der Waals surface area contributed by atoms with Crippen molar-refractivity contribution in [2.75, 3.05) is 5.33 Å². The Morgan fingerprint density at radius 3 is 2.57 bits per heavy atom. The van der Waals surface area contributed by atoms with Crippen LogP contribution in [0.1, 0.15) is 34.1 Å². The highest BCUT2D eigenvalue weighted by atomic mass is 79.9. The second-order valence-electron chi connectivity index (χ2n) is 5.10. The van der Waals surface area contributed by atoms with E-state index in [1.165, 1.54) is 0 Å². The molecule has 82 valence electrons. The molecule has 0 saturated heterocycles. The van der Waals surface area contributed by atoms with E-state index in [0.717, 1.165) is 11.8 Å². The highest BCUT2D eigenvalue weighted by Gasteiger charge is 2.50. The van der Waals surface area contributed by atoms with E-state index < -0.39 is 5.60 Å². The van der Waals surface area contributed by atoms with Crippen LogP contribution in [0.15, 0.2) is 0 Å². The fourth-order valence-corrected chi connectivity index (χ4v) is 2.31. The first-order chi connectivity index (χ1) is 6.27. The van der Waals surface area contributed by atoms with Crippen molar-refractivity contribution in [1.29, 1.82) is 0 Å². The van der Waals surface area contributed by atoms with Gasteiger partial charge in [0.25, 0.3) is 0 Å². The Kier molecular flexibility index (Phi) is 3.14. The number of rotatable bonds is 2. The number of ether oxygens (including phenoxy) is 1. The van der Waals surface area contributed by atoms with Crippen LogP contribution >= 0.6 is 15.9 Å². The van der Waals surface area contributed by atoms with Crippen LogP contribution in [0.5, 0.6) is 0 Å². The van der Waals surface area contributed by atoms with Crippen molar-refractivity contribution in [2.24, 2.45) is 5.92 Å². The third-order valence-corrected chi connectivity index (χ3v) is 3.17. The zero-order chi connectivity index (χ0) is 11.0. The second kappa shape index (κ2) is 3.72. The molecule has 4 heteroatoms. The quantitative estimate of drug-likeness (QED) is 0.779. The Hall–Kier alpha value is -0.250. The maximum atomic E-state index is 11.4. The minimum absolute atomic E-state index is 0.0637. The van der Waals surface area contributed by atoms with E-state index in [-0.39, 0.29) is 11.6 Å². The predicted octanol–water partition coefficient (Wildman–Crippen LogP) is 2.68. The van der Waals surface area contributed by atoms with E-state index in [9.17, 15) is 4.79 Å². The summed E-state index contributed by atoms with van der Waals surface area (Å²) in [5.74, 6) is 0.537. The number of carbonyl (C=O) groups is 1. The smallest absolute Gasteiger partial charge is 0.408 e. The van der Waals surface area contributed by atoms with Gasteiger partial charge in [-0.15, -0.1) is 0 Å². The van der Waals surface area contributed by atoms with E-state index in [1.807, 2.05) is 27.7 Å². The van der Waals surface area contributed by atoms with Crippen molar-refractivity contribution in [3.8, 4) is 0 Å². The third kappa shape index (κ3) is 3.15. The SMILES string of the molecule is CC(C)(C)OC(=O)N[C@]1(C)C[C@H]1CBr. The summed E-state index contributed by atoms with van der Waals surface area (Å²) in [6.45, 7) is 7.64. The molecule has 0 radical (unpaired) electrons. The van der Waals surface area contributed by atoms with Crippen LogP contribution in [0.25, 0.3) is 0 Å². The number of alkyl halides is 1. The fourth-order valence-electron chi connectivity index (χ4n) is 1.37. The number of alkyl carbamates (subject to hydrolysis) is 1. The van der Waals surface area contributed by atoms with Gasteiger partial charge in [0.15, 0.2) is 0 Å². The van der Waals surface area contributed by atoms with Crippen molar-refractivity contribution in [1.82, 2.24) is 5.32 Å². The first-order valence-electron chi connectivity index (χ1n) is 4.84. The van der Waals surface area contributed by atoms with E-state index in [4.69, 9.17) is 4.74 Å². The number of nitrogens with one attached hydrogen (secondary N) is 1. The van der Waals surface area contributed by atoms with E-state index in [1.54, 1.807) is 0 Å². The minimum Gasteiger partial charge on any atom is -0.444 e. The first kappa shape index (κ1) is 11.8. The van der Waals surface area contributed by atoms with Gasteiger partial charge in [0.2, 0.25) is 0 Å². The monoisotopic (exact) mass is 263 g/mol. The molecule has 0 aromatic carbocycles. The van der Waals surface area contributed by atoms with Crippen molar-refractivity contribution >= 4 is 22.0 Å². The Balaban J connectivity index is 2.36. The molecular formula is C10H18BrNO2. The molecule has 1 aliphatic carbocycles. The summed E-state index contributed by atoms with van der Waals surface area (Å²) in [7, 11) is 0. The Morgan fingerprint density at radius 2 is 2.21 bits per heavy atom. The molecule has 1 aliphatic rings. The van der Waals surface area contributed by atoms with E-state index in [2.05, 4.69) is 21.2 Å². The van der Waals surface area contributed by atoms with Gasteiger partial charge in [-0.05, 0) is 40.0 Å². The molecule has 1 fully saturated rings. The van der Waals surface area contributed by atoms with Crippen LogP contribution in [-0.2, 0) is 4.74 Å². The Bertz CT molecular complexity index is 237. The summed E-state index contributed by atoms with van der Waals surface area (Å²) in [5, 5.41) is 3.83. The minimum atomic E-state index is -0.417. The normalized spacial score (nSPS) is 31.1. The summed E-state index contributed by atoms with van der Waals surface area (Å²) in [4.78, 5) is 11.4. The highest BCUT2D eigenvalue weighted by Crippen LogP contribution is 2.44. The molecular weight excluding hydrogens is 246 g/mol. The molecule has 0 aromatic rings. The maximum absolute atomic E-state index is 11.4. The molecule has 1 rings (SSSR count). The summed E-state index contributed by atoms with van der Waals surface area (Å²) in [6.07, 6.45) is 0.709. The molecule has 0 spiro atoms. The van der Waals surface area contributed by atoms with Crippen LogP contribution < -0.4 is 5.32 Å². The zero-order valence-electron chi connectivity index (χ0n) is 9.19. The number of amides is 1. The Morgan fingerprint density at radius 1 is 1.64 bits per heavy atom. The summed E-state index contributed by atoms with van der Waals surface area (Å²) in [5.41, 5.74) is -0.481. The number of carbonyl (C=O) groups excluding carboxylic acids is 1. The lowest BCUT2D eigenvalue weighted by molar-refractivity contribution is 0.0498. The molecule has 1 saturated carbocycles. The van der Waals surface area contributed by atoms with Crippen molar-refractivity contribution in [3.63, 3.8) is 0 Å². The number of hydrogen-bond acceptors (Lipinski definition) is 2. The van der Waals surface area contributed by atoms with Crippen LogP contribution in [0, 0.1) is 5.92 Å². The first-order valence-corrected chi connectivity index (χ1v) is 5.96. The van der Waals surface area contributed by atoms with Crippen LogP contribution in [0.4, 0.5) is 4.79 Å². The van der Waals surface area contributed by atoms with Crippen molar-refractivity contribution < 1.29 is 9.53 Å². The van der Waals surface area contributed by atoms with Gasteiger partial charge in [0, 0.05) is 10.9 Å². The van der Waals surface area contributed by atoms with Crippen LogP contribution in [0.3, 0.4) is 0 Å². The standard InChI is InChI=1S/C10H18BrNO2/c1-9(2,3)14-8(13)12-10(4)5-7(10)6-11/h7H,5-6H2,1-4H3,(H,12,13)/t7-,10+/m0/s1. The van der Waals surface area contributed by atoms with Crippen molar-refractivity contribution in [3.05, 3.63) is 0 Å². The molecule has 1 N–H and O–H groups in total. The topological polar surface area (TPSA) is 38.3 Å². The number of hydrogen-bond donors (Lipinski definition) is 1.